The van der Waals surface area contributed by atoms with Crippen molar-refractivity contribution < 1.29 is 23.0 Å². The van der Waals surface area contributed by atoms with Gasteiger partial charge in [0.05, 0.1) is 12.7 Å². The fraction of sp³-hybridized carbons (Fsp3) is 0.516. The lowest BCUT2D eigenvalue weighted by molar-refractivity contribution is -0.0506. The number of rotatable bonds is 11. The van der Waals surface area contributed by atoms with Crippen molar-refractivity contribution >= 4 is 12.0 Å². The van der Waals surface area contributed by atoms with Gasteiger partial charge in [0.2, 0.25) is 0 Å². The highest BCUT2D eigenvalue weighted by Crippen LogP contribution is 2.37. The molecule has 206 valence electrons. The van der Waals surface area contributed by atoms with Gasteiger partial charge in [0.15, 0.2) is 0 Å². The van der Waals surface area contributed by atoms with E-state index in [0.717, 1.165) is 37.1 Å². The van der Waals surface area contributed by atoms with Crippen LogP contribution in [0.25, 0.3) is 6.08 Å². The maximum Gasteiger partial charge on any atom is 0.387 e. The lowest BCUT2D eigenvalue weighted by Crippen LogP contribution is -2.36. The highest BCUT2D eigenvalue weighted by molar-refractivity contribution is 5.98. The molecule has 2 aromatic carbocycles. The van der Waals surface area contributed by atoms with Crippen molar-refractivity contribution in [3.8, 4) is 11.5 Å². The quantitative estimate of drug-likeness (QED) is 0.353. The van der Waals surface area contributed by atoms with E-state index in [1.807, 2.05) is 43.3 Å². The van der Waals surface area contributed by atoms with Crippen molar-refractivity contribution in [2.45, 2.75) is 70.9 Å². The van der Waals surface area contributed by atoms with Gasteiger partial charge in [-0.1, -0.05) is 61.2 Å². The Hall–Kier alpha value is -2.93. The van der Waals surface area contributed by atoms with Crippen molar-refractivity contribution in [3.63, 3.8) is 0 Å². The second-order valence-corrected chi connectivity index (χ2v) is 10.6. The third-order valence-corrected chi connectivity index (χ3v) is 7.78. The summed E-state index contributed by atoms with van der Waals surface area (Å²) in [7, 11) is 1.48. The Bertz CT molecular complexity index is 1080. The molecule has 1 aliphatic carbocycles. The Morgan fingerprint density at radius 1 is 1.08 bits per heavy atom. The molecule has 2 fully saturated rings. The summed E-state index contributed by atoms with van der Waals surface area (Å²) in [6, 6.07) is 13.1. The summed E-state index contributed by atoms with van der Waals surface area (Å²) in [5.41, 5.74) is 2.92. The molecule has 7 heteroatoms. The van der Waals surface area contributed by atoms with Crippen LogP contribution in [-0.2, 0) is 6.42 Å². The Balaban J connectivity index is 1.52. The number of carbonyl (C=O) groups excluding carboxylic acids is 1. The number of benzene rings is 2. The lowest BCUT2D eigenvalue weighted by atomic mass is 9.88. The largest absolute Gasteiger partial charge is 0.495 e. The second-order valence-electron chi connectivity index (χ2n) is 10.6. The van der Waals surface area contributed by atoms with Crippen molar-refractivity contribution in [1.82, 2.24) is 10.2 Å². The average Bonchev–Trinajstić information content (AvgIpc) is 3.35. The highest BCUT2D eigenvalue weighted by Gasteiger charge is 2.31. The molecular weight excluding hydrogens is 486 g/mol. The van der Waals surface area contributed by atoms with Crippen LogP contribution >= 0.6 is 0 Å². The molecular formula is C31H40F2N2O3. The van der Waals surface area contributed by atoms with Crippen LogP contribution in [-0.4, -0.2) is 50.2 Å². The van der Waals surface area contributed by atoms with Crippen LogP contribution < -0.4 is 14.8 Å². The summed E-state index contributed by atoms with van der Waals surface area (Å²) in [5, 5.41) is 2.95. The number of amides is 1. The fourth-order valence-corrected chi connectivity index (χ4v) is 5.92. The lowest BCUT2D eigenvalue weighted by Gasteiger charge is -2.31. The van der Waals surface area contributed by atoms with E-state index in [2.05, 4.69) is 10.2 Å². The molecule has 1 heterocycles. The maximum atomic E-state index is 13.3. The summed E-state index contributed by atoms with van der Waals surface area (Å²) >= 11 is 0. The topological polar surface area (TPSA) is 50.8 Å². The van der Waals surface area contributed by atoms with E-state index in [4.69, 9.17) is 9.47 Å². The number of nitrogens with one attached hydrogen (secondary N) is 1. The van der Waals surface area contributed by atoms with Crippen molar-refractivity contribution in [2.24, 2.45) is 5.92 Å². The van der Waals surface area contributed by atoms with E-state index in [1.54, 1.807) is 0 Å². The predicted octanol–water partition coefficient (Wildman–Crippen LogP) is 6.72. The molecule has 1 aliphatic heterocycles. The molecule has 4 rings (SSSR count). The first-order chi connectivity index (χ1) is 18.4. The summed E-state index contributed by atoms with van der Waals surface area (Å²) in [6.07, 6.45) is 11.0. The number of alkyl halides is 2. The molecule has 0 radical (unpaired) electrons. The molecule has 5 nitrogen and oxygen atoms in total. The zero-order valence-electron chi connectivity index (χ0n) is 22.6. The smallest absolute Gasteiger partial charge is 0.387 e. The minimum atomic E-state index is -2.95. The Morgan fingerprint density at radius 3 is 2.55 bits per heavy atom. The van der Waals surface area contributed by atoms with Gasteiger partial charge < -0.3 is 14.8 Å². The number of hydrogen-bond donors (Lipinski definition) is 1. The predicted molar refractivity (Wildman–Crippen MR) is 147 cm³/mol. The van der Waals surface area contributed by atoms with E-state index in [9.17, 15) is 13.6 Å². The molecule has 2 aromatic rings. The van der Waals surface area contributed by atoms with Crippen LogP contribution in [0.1, 0.15) is 73.4 Å². The van der Waals surface area contributed by atoms with Crippen LogP contribution in [0.5, 0.6) is 11.5 Å². The van der Waals surface area contributed by atoms with Crippen molar-refractivity contribution in [3.05, 3.63) is 64.7 Å². The molecule has 1 atom stereocenters. The Kier molecular flexibility index (Phi) is 10.2. The highest BCUT2D eigenvalue weighted by atomic mass is 19.3. The van der Waals surface area contributed by atoms with Crippen LogP contribution in [0.4, 0.5) is 8.78 Å². The third-order valence-electron chi connectivity index (χ3n) is 7.78. The molecule has 0 bridgehead atoms. The molecule has 1 N–H and O–H groups in total. The SMILES string of the molecule is COc1c(C(=O)NCC(C)=Cc2ccccc2)ccc(OC(F)F)c1C[C@@H]1CCCN1CC1CCCCC1. The zero-order valence-corrected chi connectivity index (χ0v) is 22.6. The van der Waals surface area contributed by atoms with Gasteiger partial charge in [-0.05, 0) is 69.2 Å². The molecule has 1 amide bonds. The van der Waals surface area contributed by atoms with Crippen LogP contribution in [0.15, 0.2) is 48.0 Å². The monoisotopic (exact) mass is 526 g/mol. The van der Waals surface area contributed by atoms with Gasteiger partial charge in [-0.3, -0.25) is 9.69 Å². The second kappa shape index (κ2) is 13.7. The standard InChI is InChI=1S/C31H40F2N2O3/c1-22(18-23-10-5-3-6-11-23)20-34-30(36)26-15-16-28(38-31(32)33)27(29(26)37-2)19-25-14-9-17-35(25)21-24-12-7-4-8-13-24/h3,5-6,10-11,15-16,18,24-25,31H,4,7-9,12-14,17,19-21H2,1-2H3,(H,34,36)/t25-/m0/s1. The van der Waals surface area contributed by atoms with Gasteiger partial charge in [0.1, 0.15) is 11.5 Å². The van der Waals surface area contributed by atoms with E-state index in [-0.39, 0.29) is 17.7 Å². The fourth-order valence-electron chi connectivity index (χ4n) is 5.92. The number of likely N-dealkylation sites (tertiary alicyclic amines) is 1. The number of hydrogen-bond acceptors (Lipinski definition) is 4. The Labute approximate surface area is 225 Å². The summed E-state index contributed by atoms with van der Waals surface area (Å²) in [6.45, 7) is 1.42. The van der Waals surface area contributed by atoms with Gasteiger partial charge >= 0.3 is 6.61 Å². The molecule has 38 heavy (non-hydrogen) atoms. The minimum Gasteiger partial charge on any atom is -0.495 e. The number of ether oxygens (including phenoxy) is 2. The van der Waals surface area contributed by atoms with Crippen molar-refractivity contribution in [2.75, 3.05) is 26.7 Å². The molecule has 0 spiro atoms. The normalized spacial score (nSPS) is 19.1. The van der Waals surface area contributed by atoms with Gasteiger partial charge in [-0.25, -0.2) is 0 Å². The first-order valence-electron chi connectivity index (χ1n) is 13.8. The molecule has 0 aromatic heterocycles. The maximum absolute atomic E-state index is 13.3. The summed E-state index contributed by atoms with van der Waals surface area (Å²) < 4.78 is 37.3. The van der Waals surface area contributed by atoms with Gasteiger partial charge in [0.25, 0.3) is 5.91 Å². The first kappa shape index (κ1) is 28.1. The number of methoxy groups -OCH3 is 1. The molecule has 2 aliphatic rings. The van der Waals surface area contributed by atoms with Gasteiger partial charge in [0, 0.05) is 24.7 Å². The van der Waals surface area contributed by atoms with E-state index in [1.165, 1.54) is 51.3 Å². The van der Waals surface area contributed by atoms with Gasteiger partial charge in [-0.15, -0.1) is 0 Å². The van der Waals surface area contributed by atoms with Crippen LogP contribution in [0, 0.1) is 5.92 Å². The van der Waals surface area contributed by atoms with Crippen LogP contribution in [0.2, 0.25) is 0 Å². The first-order valence-corrected chi connectivity index (χ1v) is 13.8. The number of carbonyl (C=O) groups is 1. The summed E-state index contributed by atoms with van der Waals surface area (Å²) in [4.78, 5) is 15.7. The van der Waals surface area contributed by atoms with E-state index in [0.29, 0.717) is 35.8 Å². The Morgan fingerprint density at radius 2 is 1.84 bits per heavy atom. The van der Waals surface area contributed by atoms with Crippen molar-refractivity contribution in [1.29, 1.82) is 0 Å². The molecule has 0 unspecified atom stereocenters. The third kappa shape index (κ3) is 7.56. The number of halogens is 2. The summed E-state index contributed by atoms with van der Waals surface area (Å²) in [5.74, 6) is 0.790. The molecule has 1 saturated carbocycles. The van der Waals surface area contributed by atoms with E-state index >= 15 is 0 Å². The van der Waals surface area contributed by atoms with Crippen LogP contribution in [0.3, 0.4) is 0 Å². The number of nitrogens with zero attached hydrogens (tertiary/aromatic N) is 1. The average molecular weight is 527 g/mol. The molecule has 1 saturated heterocycles. The van der Waals surface area contributed by atoms with E-state index < -0.39 is 6.61 Å². The minimum absolute atomic E-state index is 0.0815. The van der Waals surface area contributed by atoms with Gasteiger partial charge in [-0.2, -0.15) is 8.78 Å². The zero-order chi connectivity index (χ0) is 26.9.